The molecule has 5 aromatic carbocycles. The molecule has 0 atom stereocenters. The van der Waals surface area contributed by atoms with E-state index in [1.165, 1.54) is 35.4 Å². The monoisotopic (exact) mass is 644 g/mol. The van der Waals surface area contributed by atoms with E-state index < -0.39 is 9.85 Å². The second-order valence-corrected chi connectivity index (χ2v) is 13.4. The van der Waals surface area contributed by atoms with Crippen molar-refractivity contribution in [2.75, 3.05) is 0 Å². The summed E-state index contributed by atoms with van der Waals surface area (Å²) < 4.78 is 12.3. The molecule has 0 N–H and O–H groups in total. The van der Waals surface area contributed by atoms with Crippen molar-refractivity contribution < 1.29 is 19.3 Å². The fourth-order valence-corrected chi connectivity index (χ4v) is 6.09. The highest BCUT2D eigenvalue weighted by molar-refractivity contribution is 5.53. The van der Waals surface area contributed by atoms with Gasteiger partial charge in [-0.05, 0) is 96.5 Å². The Morgan fingerprint density at radius 3 is 0.979 bits per heavy atom. The average molecular weight is 645 g/mol. The molecule has 5 rings (SSSR count). The summed E-state index contributed by atoms with van der Waals surface area (Å²) in [7, 11) is 0. The second kappa shape index (κ2) is 13.0. The van der Waals surface area contributed by atoms with E-state index in [0.717, 1.165) is 44.9 Å². The highest BCUT2D eigenvalue weighted by Crippen LogP contribution is 2.41. The minimum absolute atomic E-state index is 0.0249. The van der Waals surface area contributed by atoms with Gasteiger partial charge in [0, 0.05) is 35.1 Å². The van der Waals surface area contributed by atoms with Crippen molar-refractivity contribution in [2.24, 2.45) is 0 Å². The maximum absolute atomic E-state index is 11.0. The van der Waals surface area contributed by atoms with Crippen LogP contribution >= 0.6 is 0 Å². The molecule has 8 nitrogen and oxygen atoms in total. The van der Waals surface area contributed by atoms with Gasteiger partial charge in [0.1, 0.15) is 23.0 Å². The molecule has 48 heavy (non-hydrogen) atoms. The maximum atomic E-state index is 11.0. The first-order chi connectivity index (χ1) is 22.6. The van der Waals surface area contributed by atoms with Crippen LogP contribution in [-0.4, -0.2) is 9.85 Å². The Labute approximate surface area is 281 Å². The van der Waals surface area contributed by atoms with Gasteiger partial charge in [-0.2, -0.15) is 0 Å². The van der Waals surface area contributed by atoms with E-state index >= 15 is 0 Å². The zero-order valence-electron chi connectivity index (χ0n) is 28.6. The first kappa shape index (κ1) is 33.9. The van der Waals surface area contributed by atoms with Crippen LogP contribution in [0.3, 0.4) is 0 Å². The minimum Gasteiger partial charge on any atom is -0.457 e. The molecule has 0 fully saturated rings. The molecule has 0 aromatic heterocycles. The van der Waals surface area contributed by atoms with E-state index in [-0.39, 0.29) is 22.2 Å². The SMILES string of the molecule is Cc1cc(C(C)(C)c2ccc(C(C)(C)c3cc(C)c(Oc4ccc([N+](=O)[O-])cc4)c(C)c3)cc2)cc(C)c1Oc1ccc([N+](=O)[O-])cc1. The molecule has 0 amide bonds. The van der Waals surface area contributed by atoms with E-state index in [1.807, 2.05) is 27.7 Å². The number of nitro groups is 2. The molecule has 0 heterocycles. The molecule has 8 heteroatoms. The van der Waals surface area contributed by atoms with Crippen LogP contribution in [0, 0.1) is 47.9 Å². The third-order valence-corrected chi connectivity index (χ3v) is 9.23. The van der Waals surface area contributed by atoms with Crippen molar-refractivity contribution in [3.63, 3.8) is 0 Å². The zero-order valence-corrected chi connectivity index (χ0v) is 28.6. The van der Waals surface area contributed by atoms with Crippen LogP contribution in [0.2, 0.25) is 0 Å². The highest BCUT2D eigenvalue weighted by Gasteiger charge is 2.28. The molecule has 5 aromatic rings. The summed E-state index contributed by atoms with van der Waals surface area (Å²) in [6.45, 7) is 16.9. The lowest BCUT2D eigenvalue weighted by Gasteiger charge is -2.31. The van der Waals surface area contributed by atoms with Gasteiger partial charge in [0.25, 0.3) is 11.4 Å². The van der Waals surface area contributed by atoms with E-state index in [4.69, 9.17) is 9.47 Å². The lowest BCUT2D eigenvalue weighted by molar-refractivity contribution is -0.385. The molecule has 0 aliphatic carbocycles. The van der Waals surface area contributed by atoms with E-state index in [0.29, 0.717) is 11.5 Å². The van der Waals surface area contributed by atoms with Crippen LogP contribution in [-0.2, 0) is 10.8 Å². The van der Waals surface area contributed by atoms with Gasteiger partial charge in [0.2, 0.25) is 0 Å². The van der Waals surface area contributed by atoms with Gasteiger partial charge in [0.05, 0.1) is 9.85 Å². The highest BCUT2D eigenvalue weighted by atomic mass is 16.6. The summed E-state index contributed by atoms with van der Waals surface area (Å²) in [5, 5.41) is 22.0. The van der Waals surface area contributed by atoms with Gasteiger partial charge in [-0.3, -0.25) is 20.2 Å². The molecule has 0 saturated heterocycles. The predicted octanol–water partition coefficient (Wildman–Crippen LogP) is 11.0. The average Bonchev–Trinajstić information content (AvgIpc) is 3.04. The van der Waals surface area contributed by atoms with Crippen LogP contribution in [0.1, 0.15) is 72.2 Å². The molecule has 0 bridgehead atoms. The van der Waals surface area contributed by atoms with Crippen LogP contribution in [0.25, 0.3) is 0 Å². The lowest BCUT2D eigenvalue weighted by atomic mass is 9.74. The number of aryl methyl sites for hydroxylation is 4. The molecule has 0 radical (unpaired) electrons. The number of ether oxygens (including phenoxy) is 2. The summed E-state index contributed by atoms with van der Waals surface area (Å²) in [5.74, 6) is 2.59. The van der Waals surface area contributed by atoms with Crippen molar-refractivity contribution in [3.05, 3.63) is 162 Å². The van der Waals surface area contributed by atoms with Crippen molar-refractivity contribution in [1.82, 2.24) is 0 Å². The molecule has 0 saturated carbocycles. The van der Waals surface area contributed by atoms with E-state index in [2.05, 4.69) is 76.2 Å². The summed E-state index contributed by atoms with van der Waals surface area (Å²) in [5.41, 5.74) is 8.12. The van der Waals surface area contributed by atoms with E-state index in [1.54, 1.807) is 24.3 Å². The first-order valence-corrected chi connectivity index (χ1v) is 15.8. The number of nitrogens with zero attached hydrogens (tertiary/aromatic N) is 2. The Morgan fingerprint density at radius 1 is 0.458 bits per heavy atom. The summed E-state index contributed by atoms with van der Waals surface area (Å²) in [6.07, 6.45) is 0. The number of hydrogen-bond acceptors (Lipinski definition) is 6. The molecular weight excluding hydrogens is 604 g/mol. The standard InChI is InChI=1S/C40H40N2O6/c1-25-21-31(22-26(2)37(25)47-35-17-13-33(14-18-35)41(43)44)39(5,6)29-9-11-30(12-10-29)40(7,8)32-23-27(3)38(28(4)24-32)48-36-19-15-34(16-20-36)42(45)46/h9-24H,1-8H3. The Hall–Kier alpha value is -5.50. The number of hydrogen-bond donors (Lipinski definition) is 0. The van der Waals surface area contributed by atoms with Gasteiger partial charge >= 0.3 is 0 Å². The molecule has 0 aliphatic rings. The van der Waals surface area contributed by atoms with Gasteiger partial charge in [-0.15, -0.1) is 0 Å². The predicted molar refractivity (Wildman–Crippen MR) is 189 cm³/mol. The van der Waals surface area contributed by atoms with Gasteiger partial charge in [-0.1, -0.05) is 76.2 Å². The van der Waals surface area contributed by atoms with Crippen LogP contribution in [0.15, 0.2) is 97.1 Å². The lowest BCUT2D eigenvalue weighted by Crippen LogP contribution is -2.22. The summed E-state index contributed by atoms with van der Waals surface area (Å²) in [6, 6.07) is 29.6. The normalized spacial score (nSPS) is 11.7. The molecule has 246 valence electrons. The third-order valence-electron chi connectivity index (χ3n) is 9.23. The number of rotatable bonds is 10. The zero-order chi connectivity index (χ0) is 35.0. The van der Waals surface area contributed by atoms with Crippen LogP contribution in [0.5, 0.6) is 23.0 Å². The van der Waals surface area contributed by atoms with Crippen molar-refractivity contribution in [1.29, 1.82) is 0 Å². The fraction of sp³-hybridized carbons (Fsp3) is 0.250. The van der Waals surface area contributed by atoms with Gasteiger partial charge in [0.15, 0.2) is 0 Å². The van der Waals surface area contributed by atoms with Crippen LogP contribution in [0.4, 0.5) is 11.4 Å². The summed E-state index contributed by atoms with van der Waals surface area (Å²) in [4.78, 5) is 21.2. The maximum Gasteiger partial charge on any atom is 0.269 e. The Bertz CT molecular complexity index is 1800. The van der Waals surface area contributed by atoms with E-state index in [9.17, 15) is 20.2 Å². The van der Waals surface area contributed by atoms with Crippen molar-refractivity contribution in [2.45, 2.75) is 66.2 Å². The minimum atomic E-state index is -0.424. The second-order valence-electron chi connectivity index (χ2n) is 13.4. The number of nitro benzene ring substituents is 2. The topological polar surface area (TPSA) is 105 Å². The largest absolute Gasteiger partial charge is 0.457 e. The molecule has 0 spiro atoms. The van der Waals surface area contributed by atoms with Crippen molar-refractivity contribution in [3.8, 4) is 23.0 Å². The first-order valence-electron chi connectivity index (χ1n) is 15.8. The fourth-order valence-electron chi connectivity index (χ4n) is 6.09. The quantitative estimate of drug-likeness (QED) is 0.111. The molecular formula is C40H40N2O6. The third kappa shape index (κ3) is 6.79. The van der Waals surface area contributed by atoms with Gasteiger partial charge < -0.3 is 9.47 Å². The molecule has 0 aliphatic heterocycles. The van der Waals surface area contributed by atoms with Crippen molar-refractivity contribution >= 4 is 11.4 Å². The Kier molecular flexibility index (Phi) is 9.13. The van der Waals surface area contributed by atoms with Gasteiger partial charge in [-0.25, -0.2) is 0 Å². The van der Waals surface area contributed by atoms with Crippen LogP contribution < -0.4 is 9.47 Å². The molecule has 0 unspecified atom stereocenters. The number of non-ortho nitro benzene ring substituents is 2. The smallest absolute Gasteiger partial charge is 0.269 e. The number of benzene rings is 5. The summed E-state index contributed by atoms with van der Waals surface area (Å²) >= 11 is 0. The Morgan fingerprint density at radius 2 is 0.729 bits per heavy atom. The Balaban J connectivity index is 1.36.